The van der Waals surface area contributed by atoms with Crippen LogP contribution in [0.25, 0.3) is 0 Å². The van der Waals surface area contributed by atoms with Crippen LogP contribution in [0.15, 0.2) is 95.9 Å². The predicted molar refractivity (Wildman–Crippen MR) is 156 cm³/mol. The third-order valence-corrected chi connectivity index (χ3v) is 7.39. The quantitative estimate of drug-likeness (QED) is 0.178. The van der Waals surface area contributed by atoms with Gasteiger partial charge in [0.15, 0.2) is 0 Å². The Bertz CT molecular complexity index is 1520. The molecule has 0 aliphatic carbocycles. The van der Waals surface area contributed by atoms with E-state index in [2.05, 4.69) is 10.6 Å². The Labute approximate surface area is 240 Å². The van der Waals surface area contributed by atoms with E-state index in [9.17, 15) is 19.5 Å². The fourth-order valence-electron chi connectivity index (χ4n) is 3.90. The second-order valence-corrected chi connectivity index (χ2v) is 10.0. The highest BCUT2D eigenvalue weighted by molar-refractivity contribution is 8.00. The van der Waals surface area contributed by atoms with E-state index in [4.69, 9.17) is 21.1 Å². The maximum Gasteiger partial charge on any atom is 0.335 e. The number of carbonyl (C=O) groups is 3. The lowest BCUT2D eigenvalue weighted by Crippen LogP contribution is -2.19. The molecule has 8 nitrogen and oxygen atoms in total. The van der Waals surface area contributed by atoms with Crippen molar-refractivity contribution in [3.8, 4) is 11.5 Å². The summed E-state index contributed by atoms with van der Waals surface area (Å²) < 4.78 is 10.7. The van der Waals surface area contributed by atoms with Crippen molar-refractivity contribution in [3.63, 3.8) is 0 Å². The molecule has 40 heavy (non-hydrogen) atoms. The normalized spacial score (nSPS) is 11.3. The molecular formula is C30H25ClN2O6S. The van der Waals surface area contributed by atoms with Crippen LogP contribution in [0.1, 0.15) is 31.5 Å². The van der Waals surface area contributed by atoms with Crippen LogP contribution >= 0.6 is 23.4 Å². The Kier molecular flexibility index (Phi) is 9.31. The van der Waals surface area contributed by atoms with Crippen LogP contribution < -0.4 is 20.1 Å². The third-order valence-electron chi connectivity index (χ3n) is 5.81. The second-order valence-electron chi connectivity index (χ2n) is 8.42. The molecule has 0 heterocycles. The van der Waals surface area contributed by atoms with E-state index < -0.39 is 23.0 Å². The summed E-state index contributed by atoms with van der Waals surface area (Å²) in [4.78, 5) is 38.8. The molecule has 4 rings (SSSR count). The Morgan fingerprint density at radius 2 is 1.50 bits per heavy atom. The second kappa shape index (κ2) is 13.1. The van der Waals surface area contributed by atoms with Gasteiger partial charge in [0.2, 0.25) is 5.91 Å². The van der Waals surface area contributed by atoms with Crippen LogP contribution in [-0.4, -0.2) is 37.1 Å². The van der Waals surface area contributed by atoms with Crippen molar-refractivity contribution >= 4 is 52.5 Å². The molecule has 0 saturated heterocycles. The van der Waals surface area contributed by atoms with Crippen LogP contribution in [0, 0.1) is 0 Å². The minimum absolute atomic E-state index is 0.00117. The number of methoxy groups -OCH3 is 2. The number of halogens is 1. The highest BCUT2D eigenvalue weighted by Crippen LogP contribution is 2.38. The number of carbonyl (C=O) groups excluding carboxylic acids is 2. The van der Waals surface area contributed by atoms with Crippen molar-refractivity contribution in [2.45, 2.75) is 10.1 Å². The van der Waals surface area contributed by atoms with E-state index in [0.717, 1.165) is 5.56 Å². The average Bonchev–Trinajstić information content (AvgIpc) is 2.96. The van der Waals surface area contributed by atoms with Gasteiger partial charge < -0.3 is 25.2 Å². The smallest absolute Gasteiger partial charge is 0.335 e. The number of benzene rings is 4. The van der Waals surface area contributed by atoms with E-state index in [1.807, 2.05) is 36.4 Å². The summed E-state index contributed by atoms with van der Waals surface area (Å²) >= 11 is 7.51. The first-order valence-electron chi connectivity index (χ1n) is 12.0. The first-order chi connectivity index (χ1) is 19.3. The van der Waals surface area contributed by atoms with Crippen LogP contribution in [0.3, 0.4) is 0 Å². The summed E-state index contributed by atoms with van der Waals surface area (Å²) in [7, 11) is 2.95. The number of ether oxygens (including phenoxy) is 2. The fourth-order valence-corrected chi connectivity index (χ4v) is 5.15. The lowest BCUT2D eigenvalue weighted by molar-refractivity contribution is -0.115. The maximum absolute atomic E-state index is 13.5. The zero-order valence-corrected chi connectivity index (χ0v) is 23.1. The van der Waals surface area contributed by atoms with E-state index >= 15 is 0 Å². The number of rotatable bonds is 10. The number of aromatic carboxylic acids is 1. The summed E-state index contributed by atoms with van der Waals surface area (Å²) in [6.07, 6.45) is 0. The molecule has 0 spiro atoms. The van der Waals surface area contributed by atoms with Crippen LogP contribution in [0.5, 0.6) is 11.5 Å². The van der Waals surface area contributed by atoms with Crippen LogP contribution in [-0.2, 0) is 4.79 Å². The Morgan fingerprint density at radius 3 is 2.15 bits per heavy atom. The number of hydrogen-bond acceptors (Lipinski definition) is 6. The Hall–Kier alpha value is -4.47. The molecule has 4 aromatic carbocycles. The highest BCUT2D eigenvalue weighted by atomic mass is 35.5. The van der Waals surface area contributed by atoms with Gasteiger partial charge in [-0.05, 0) is 54.1 Å². The molecule has 0 saturated carbocycles. The van der Waals surface area contributed by atoms with Crippen molar-refractivity contribution in [1.82, 2.24) is 0 Å². The van der Waals surface area contributed by atoms with Gasteiger partial charge in [0.1, 0.15) is 22.3 Å². The summed E-state index contributed by atoms with van der Waals surface area (Å²) in [5, 5.41) is 14.5. The Balaban J connectivity index is 1.59. The standard InChI is InChI=1S/C30H25ClN2O6S/c1-38-24-12-7-13-25(39-2)26(24)28(34)32-20-10-6-11-21(17-20)40-27(18-8-4-3-5-9-18)29(35)33-23-16-19(30(36)37)14-15-22(23)31/h3-17,27H,1-2H3,(H,32,34)(H,33,35)(H,36,37). The lowest BCUT2D eigenvalue weighted by atomic mass is 10.1. The van der Waals surface area contributed by atoms with E-state index in [1.165, 1.54) is 44.2 Å². The van der Waals surface area contributed by atoms with Crippen molar-refractivity contribution in [2.24, 2.45) is 0 Å². The molecule has 2 amide bonds. The topological polar surface area (TPSA) is 114 Å². The van der Waals surface area contributed by atoms with Gasteiger partial charge in [0, 0.05) is 10.6 Å². The molecule has 0 fully saturated rings. The zero-order valence-electron chi connectivity index (χ0n) is 21.5. The van der Waals surface area contributed by atoms with Gasteiger partial charge in [-0.3, -0.25) is 9.59 Å². The molecular weight excluding hydrogens is 552 g/mol. The molecule has 0 bridgehead atoms. The number of nitrogens with one attached hydrogen (secondary N) is 2. The molecule has 0 radical (unpaired) electrons. The number of carboxylic acids is 1. The minimum atomic E-state index is -1.13. The van der Waals surface area contributed by atoms with Crippen molar-refractivity contribution in [2.75, 3.05) is 24.9 Å². The third kappa shape index (κ3) is 6.74. The largest absolute Gasteiger partial charge is 0.496 e. The number of amides is 2. The fraction of sp³-hybridized carbons (Fsp3) is 0.100. The number of carboxylic acid groups (broad SMARTS) is 1. The monoisotopic (exact) mass is 576 g/mol. The molecule has 1 atom stereocenters. The predicted octanol–water partition coefficient (Wildman–Crippen LogP) is 6.78. The van der Waals surface area contributed by atoms with Gasteiger partial charge >= 0.3 is 5.97 Å². The molecule has 1 unspecified atom stereocenters. The molecule has 0 aromatic heterocycles. The van der Waals surface area contributed by atoms with Crippen LogP contribution in [0.2, 0.25) is 5.02 Å². The Morgan fingerprint density at radius 1 is 0.825 bits per heavy atom. The summed E-state index contributed by atoms with van der Waals surface area (Å²) in [5.41, 5.74) is 1.68. The van der Waals surface area contributed by atoms with Gasteiger partial charge in [-0.15, -0.1) is 11.8 Å². The van der Waals surface area contributed by atoms with E-state index in [0.29, 0.717) is 22.1 Å². The number of thioether (sulfide) groups is 1. The van der Waals surface area contributed by atoms with E-state index in [1.54, 1.807) is 36.4 Å². The van der Waals surface area contributed by atoms with Crippen molar-refractivity contribution < 1.29 is 29.0 Å². The summed E-state index contributed by atoms with van der Waals surface area (Å²) in [5.74, 6) is -1.20. The molecule has 204 valence electrons. The van der Waals surface area contributed by atoms with Gasteiger partial charge in [-0.25, -0.2) is 4.79 Å². The molecule has 0 aliphatic heterocycles. The van der Waals surface area contributed by atoms with E-state index in [-0.39, 0.29) is 21.8 Å². The summed E-state index contributed by atoms with van der Waals surface area (Å²) in [6.45, 7) is 0. The van der Waals surface area contributed by atoms with Gasteiger partial charge in [0.25, 0.3) is 5.91 Å². The molecule has 0 aliphatic rings. The first kappa shape index (κ1) is 28.5. The first-order valence-corrected chi connectivity index (χ1v) is 13.2. The van der Waals surface area contributed by atoms with Gasteiger partial charge in [-0.1, -0.05) is 54.1 Å². The SMILES string of the molecule is COc1cccc(OC)c1C(=O)Nc1cccc(SC(C(=O)Nc2cc(C(=O)O)ccc2Cl)c2ccccc2)c1. The highest BCUT2D eigenvalue weighted by Gasteiger charge is 2.24. The molecule has 10 heteroatoms. The van der Waals surface area contributed by atoms with Gasteiger partial charge in [-0.2, -0.15) is 0 Å². The number of hydrogen-bond donors (Lipinski definition) is 3. The van der Waals surface area contributed by atoms with Crippen LogP contribution in [0.4, 0.5) is 11.4 Å². The molecule has 4 aromatic rings. The lowest BCUT2D eigenvalue weighted by Gasteiger charge is -2.18. The van der Waals surface area contributed by atoms with Crippen molar-refractivity contribution in [3.05, 3.63) is 113 Å². The average molecular weight is 577 g/mol. The summed E-state index contributed by atoms with van der Waals surface area (Å²) in [6, 6.07) is 25.4. The number of anilines is 2. The minimum Gasteiger partial charge on any atom is -0.496 e. The maximum atomic E-state index is 13.5. The van der Waals surface area contributed by atoms with Gasteiger partial charge in [0.05, 0.1) is 30.5 Å². The van der Waals surface area contributed by atoms with Crippen molar-refractivity contribution in [1.29, 1.82) is 0 Å². The zero-order chi connectivity index (χ0) is 28.6. The molecule has 3 N–H and O–H groups in total.